The summed E-state index contributed by atoms with van der Waals surface area (Å²) in [6.07, 6.45) is 0.582. The molecule has 2 aromatic carbocycles. The van der Waals surface area contributed by atoms with Crippen LogP contribution in [0.25, 0.3) is 0 Å². The maximum absolute atomic E-state index is 13.7. The predicted molar refractivity (Wildman–Crippen MR) is 69.7 cm³/mol. The lowest BCUT2D eigenvalue weighted by molar-refractivity contribution is -0.387. The molecule has 5 nitrogen and oxygen atoms in total. The normalized spacial score (nSPS) is 10.2. The van der Waals surface area contributed by atoms with Crippen molar-refractivity contribution in [1.29, 1.82) is 0 Å². The SMILES string of the molecule is Cc1ccc(C=O)cc1Oc1cc(F)c([N+](=O)[O-])cc1F. The molecule has 0 fully saturated rings. The molecule has 0 N–H and O–H groups in total. The van der Waals surface area contributed by atoms with Crippen molar-refractivity contribution in [3.05, 3.63) is 63.2 Å². The van der Waals surface area contributed by atoms with Gasteiger partial charge in [0, 0.05) is 11.6 Å². The van der Waals surface area contributed by atoms with Crippen LogP contribution in [0.2, 0.25) is 0 Å². The number of halogens is 2. The van der Waals surface area contributed by atoms with Crippen LogP contribution in [0.3, 0.4) is 0 Å². The zero-order valence-corrected chi connectivity index (χ0v) is 10.8. The van der Waals surface area contributed by atoms with Crippen LogP contribution < -0.4 is 4.74 Å². The number of nitro benzene ring substituents is 1. The van der Waals surface area contributed by atoms with E-state index in [0.717, 1.165) is 0 Å². The van der Waals surface area contributed by atoms with Gasteiger partial charge in [0.25, 0.3) is 0 Å². The van der Waals surface area contributed by atoms with Crippen molar-refractivity contribution in [2.75, 3.05) is 0 Å². The van der Waals surface area contributed by atoms with E-state index in [1.807, 2.05) is 0 Å². The van der Waals surface area contributed by atoms with Crippen LogP contribution in [-0.2, 0) is 0 Å². The molecule has 0 amide bonds. The number of hydrogen-bond donors (Lipinski definition) is 0. The van der Waals surface area contributed by atoms with Crippen molar-refractivity contribution in [1.82, 2.24) is 0 Å². The number of nitrogens with zero attached hydrogens (tertiary/aromatic N) is 1. The second-order valence-corrected chi connectivity index (χ2v) is 4.24. The minimum atomic E-state index is -1.21. The first-order chi connectivity index (χ1) is 9.92. The summed E-state index contributed by atoms with van der Waals surface area (Å²) < 4.78 is 32.4. The van der Waals surface area contributed by atoms with E-state index in [4.69, 9.17) is 4.74 Å². The van der Waals surface area contributed by atoms with Crippen molar-refractivity contribution >= 4 is 12.0 Å². The molecule has 0 bridgehead atoms. The Bertz CT molecular complexity index is 731. The molecule has 0 spiro atoms. The van der Waals surface area contributed by atoms with Crippen molar-refractivity contribution in [3.63, 3.8) is 0 Å². The molecule has 0 aromatic heterocycles. The van der Waals surface area contributed by atoms with Gasteiger partial charge in [0.2, 0.25) is 5.82 Å². The van der Waals surface area contributed by atoms with Crippen molar-refractivity contribution < 1.29 is 23.2 Å². The summed E-state index contributed by atoms with van der Waals surface area (Å²) in [7, 11) is 0. The Morgan fingerprint density at radius 1 is 1.14 bits per heavy atom. The van der Waals surface area contributed by atoms with Crippen LogP contribution >= 0.6 is 0 Å². The Labute approximate surface area is 117 Å². The van der Waals surface area contributed by atoms with Gasteiger partial charge < -0.3 is 4.74 Å². The van der Waals surface area contributed by atoms with Crippen molar-refractivity contribution in [2.45, 2.75) is 6.92 Å². The van der Waals surface area contributed by atoms with Crippen LogP contribution in [0.5, 0.6) is 11.5 Å². The lowest BCUT2D eigenvalue weighted by Gasteiger charge is -2.10. The molecule has 0 saturated heterocycles. The maximum atomic E-state index is 13.7. The number of benzene rings is 2. The summed E-state index contributed by atoms with van der Waals surface area (Å²) in [5.41, 5.74) is -0.0737. The monoisotopic (exact) mass is 293 g/mol. The molecule has 0 heterocycles. The molecule has 0 aliphatic carbocycles. The van der Waals surface area contributed by atoms with Crippen LogP contribution in [0.15, 0.2) is 30.3 Å². The topological polar surface area (TPSA) is 69.4 Å². The Morgan fingerprint density at radius 2 is 1.86 bits per heavy atom. The third-order valence-corrected chi connectivity index (χ3v) is 2.77. The first kappa shape index (κ1) is 14.6. The van der Waals surface area contributed by atoms with Gasteiger partial charge in [-0.2, -0.15) is 4.39 Å². The van der Waals surface area contributed by atoms with Gasteiger partial charge >= 0.3 is 5.69 Å². The van der Waals surface area contributed by atoms with E-state index in [-0.39, 0.29) is 5.75 Å². The van der Waals surface area contributed by atoms with E-state index in [9.17, 15) is 23.7 Å². The number of hydrogen-bond acceptors (Lipinski definition) is 4. The number of aryl methyl sites for hydroxylation is 1. The lowest BCUT2D eigenvalue weighted by Crippen LogP contribution is -1.97. The third-order valence-electron chi connectivity index (χ3n) is 2.77. The first-order valence-corrected chi connectivity index (χ1v) is 5.79. The van der Waals surface area contributed by atoms with Gasteiger partial charge in [0.1, 0.15) is 12.0 Å². The summed E-state index contributed by atoms with van der Waals surface area (Å²) in [4.78, 5) is 20.2. The first-order valence-electron chi connectivity index (χ1n) is 5.79. The lowest BCUT2D eigenvalue weighted by atomic mass is 10.1. The molecule has 0 saturated carbocycles. The summed E-state index contributed by atoms with van der Waals surface area (Å²) in [6, 6.07) is 5.53. The van der Waals surface area contributed by atoms with Gasteiger partial charge in [-0.05, 0) is 18.6 Å². The summed E-state index contributed by atoms with van der Waals surface area (Å²) in [6.45, 7) is 1.66. The largest absolute Gasteiger partial charge is 0.454 e. The average Bonchev–Trinajstić information content (AvgIpc) is 2.44. The Hall–Kier alpha value is -2.83. The van der Waals surface area contributed by atoms with Gasteiger partial charge in [-0.3, -0.25) is 14.9 Å². The van der Waals surface area contributed by atoms with Crippen LogP contribution in [0.4, 0.5) is 14.5 Å². The van der Waals surface area contributed by atoms with E-state index in [1.165, 1.54) is 6.07 Å². The highest BCUT2D eigenvalue weighted by atomic mass is 19.1. The molecule has 0 atom stereocenters. The third kappa shape index (κ3) is 3.02. The minimum absolute atomic E-state index is 0.159. The quantitative estimate of drug-likeness (QED) is 0.488. The second-order valence-electron chi connectivity index (χ2n) is 4.24. The number of nitro groups is 1. The number of aldehydes is 1. The molecule has 21 heavy (non-hydrogen) atoms. The summed E-state index contributed by atoms with van der Waals surface area (Å²) in [5, 5.41) is 10.5. The van der Waals surface area contributed by atoms with Gasteiger partial charge in [-0.1, -0.05) is 12.1 Å². The molecule has 108 valence electrons. The fourth-order valence-corrected chi connectivity index (χ4v) is 1.65. The molecule has 0 aliphatic heterocycles. The van der Waals surface area contributed by atoms with E-state index in [1.54, 1.807) is 19.1 Å². The fourth-order valence-electron chi connectivity index (χ4n) is 1.65. The summed E-state index contributed by atoms with van der Waals surface area (Å²) in [5.74, 6) is -2.62. The van der Waals surface area contributed by atoms with E-state index >= 15 is 0 Å². The van der Waals surface area contributed by atoms with Crippen molar-refractivity contribution in [3.8, 4) is 11.5 Å². The molecule has 0 aliphatic rings. The standard InChI is InChI=1S/C14H9F2NO4/c1-8-2-3-9(7-18)4-13(8)21-14-6-10(15)12(17(19)20)5-11(14)16/h2-7H,1H3. The highest BCUT2D eigenvalue weighted by molar-refractivity contribution is 5.76. The Kier molecular flexibility index (Phi) is 3.93. The zero-order chi connectivity index (χ0) is 15.6. The molecular formula is C14H9F2NO4. The second kappa shape index (κ2) is 5.66. The predicted octanol–water partition coefficient (Wildman–Crippen LogP) is 3.79. The molecule has 2 aromatic rings. The molecule has 2 rings (SSSR count). The van der Waals surface area contributed by atoms with Gasteiger partial charge in [0.05, 0.1) is 11.0 Å². The molecule has 0 unspecified atom stereocenters. The molecule has 7 heteroatoms. The average molecular weight is 293 g/mol. The van der Waals surface area contributed by atoms with E-state index in [0.29, 0.717) is 29.5 Å². The zero-order valence-electron chi connectivity index (χ0n) is 10.8. The highest BCUT2D eigenvalue weighted by Gasteiger charge is 2.20. The van der Waals surface area contributed by atoms with Crippen LogP contribution in [0.1, 0.15) is 15.9 Å². The van der Waals surface area contributed by atoms with Crippen LogP contribution in [0, 0.1) is 28.7 Å². The Balaban J connectivity index is 2.42. The smallest absolute Gasteiger partial charge is 0.307 e. The minimum Gasteiger partial charge on any atom is -0.454 e. The van der Waals surface area contributed by atoms with Crippen molar-refractivity contribution in [2.24, 2.45) is 0 Å². The number of rotatable bonds is 4. The summed E-state index contributed by atoms with van der Waals surface area (Å²) >= 11 is 0. The molecular weight excluding hydrogens is 284 g/mol. The number of carbonyl (C=O) groups excluding carboxylic acids is 1. The number of ether oxygens (including phenoxy) is 1. The van der Waals surface area contributed by atoms with Gasteiger partial charge in [0.15, 0.2) is 11.6 Å². The van der Waals surface area contributed by atoms with Crippen LogP contribution in [-0.4, -0.2) is 11.2 Å². The fraction of sp³-hybridized carbons (Fsp3) is 0.0714. The number of carbonyl (C=O) groups is 1. The Morgan fingerprint density at radius 3 is 2.48 bits per heavy atom. The van der Waals surface area contributed by atoms with E-state index in [2.05, 4.69) is 0 Å². The highest BCUT2D eigenvalue weighted by Crippen LogP contribution is 2.31. The van der Waals surface area contributed by atoms with E-state index < -0.39 is 28.0 Å². The molecule has 0 radical (unpaired) electrons. The maximum Gasteiger partial charge on any atom is 0.307 e. The van der Waals surface area contributed by atoms with Gasteiger partial charge in [-0.25, -0.2) is 4.39 Å². The van der Waals surface area contributed by atoms with Gasteiger partial charge in [-0.15, -0.1) is 0 Å².